The van der Waals surface area contributed by atoms with Gasteiger partial charge in [0.05, 0.1) is 0 Å². The third-order valence-electron chi connectivity index (χ3n) is 3.75. The van der Waals surface area contributed by atoms with Gasteiger partial charge in [0.25, 0.3) is 0 Å². The zero-order valence-electron chi connectivity index (χ0n) is 14.4. The van der Waals surface area contributed by atoms with Crippen molar-refractivity contribution >= 4 is 5.97 Å². The standard InChI is InChI=1S/C22H20O3/c1-16-12-17(2)14-21(13-16)24-15-22(23)25-20-10-8-19(9-11-20)18-6-4-3-5-7-18/h3-14H,15H2,1-2H3. The second-order valence-electron chi connectivity index (χ2n) is 5.98. The molecule has 0 fully saturated rings. The molecule has 3 rings (SSSR count). The molecule has 25 heavy (non-hydrogen) atoms. The zero-order chi connectivity index (χ0) is 17.6. The van der Waals surface area contributed by atoms with Crippen molar-refractivity contribution in [1.82, 2.24) is 0 Å². The summed E-state index contributed by atoms with van der Waals surface area (Å²) in [6, 6.07) is 23.3. The summed E-state index contributed by atoms with van der Waals surface area (Å²) in [5.41, 5.74) is 4.39. The van der Waals surface area contributed by atoms with Crippen molar-refractivity contribution in [2.75, 3.05) is 6.61 Å². The van der Waals surface area contributed by atoms with Gasteiger partial charge in [0, 0.05) is 0 Å². The Balaban J connectivity index is 1.57. The van der Waals surface area contributed by atoms with Crippen LogP contribution in [0.5, 0.6) is 11.5 Å². The van der Waals surface area contributed by atoms with Crippen LogP contribution in [-0.2, 0) is 4.79 Å². The average molecular weight is 332 g/mol. The summed E-state index contributed by atoms with van der Waals surface area (Å²) in [6.45, 7) is 3.86. The molecule has 0 saturated heterocycles. The molecule has 3 aromatic carbocycles. The Labute approximate surface area is 147 Å². The first-order valence-electron chi connectivity index (χ1n) is 8.17. The van der Waals surface area contributed by atoms with Crippen LogP contribution < -0.4 is 9.47 Å². The first kappa shape index (κ1) is 16.8. The maximum Gasteiger partial charge on any atom is 0.349 e. The molecular formula is C22H20O3. The fourth-order valence-corrected chi connectivity index (χ4v) is 2.67. The van der Waals surface area contributed by atoms with Gasteiger partial charge in [0.2, 0.25) is 0 Å². The van der Waals surface area contributed by atoms with Crippen LogP contribution in [0.3, 0.4) is 0 Å². The molecule has 3 heteroatoms. The molecule has 0 aromatic heterocycles. The molecule has 0 aliphatic carbocycles. The monoisotopic (exact) mass is 332 g/mol. The summed E-state index contributed by atoms with van der Waals surface area (Å²) in [5.74, 6) is 0.759. The van der Waals surface area contributed by atoms with Crippen LogP contribution in [0, 0.1) is 13.8 Å². The van der Waals surface area contributed by atoms with Gasteiger partial charge in [-0.1, -0.05) is 48.5 Å². The Morgan fingerprint density at radius 2 is 1.36 bits per heavy atom. The second kappa shape index (κ2) is 7.67. The maximum absolute atomic E-state index is 12.0. The summed E-state index contributed by atoms with van der Waals surface area (Å²) in [5, 5.41) is 0. The number of aryl methyl sites for hydroxylation is 2. The Bertz CT molecular complexity index is 832. The smallest absolute Gasteiger partial charge is 0.349 e. The van der Waals surface area contributed by atoms with E-state index in [4.69, 9.17) is 9.47 Å². The van der Waals surface area contributed by atoms with Crippen LogP contribution in [0.2, 0.25) is 0 Å². The zero-order valence-corrected chi connectivity index (χ0v) is 14.4. The predicted octanol–water partition coefficient (Wildman–Crippen LogP) is 4.95. The second-order valence-corrected chi connectivity index (χ2v) is 5.98. The lowest BCUT2D eigenvalue weighted by Gasteiger charge is -2.09. The van der Waals surface area contributed by atoms with E-state index in [2.05, 4.69) is 6.07 Å². The van der Waals surface area contributed by atoms with Crippen molar-refractivity contribution in [3.8, 4) is 22.6 Å². The highest BCUT2D eigenvalue weighted by atomic mass is 16.6. The van der Waals surface area contributed by atoms with E-state index >= 15 is 0 Å². The number of benzene rings is 3. The molecule has 0 heterocycles. The number of carbonyl (C=O) groups excluding carboxylic acids is 1. The normalized spacial score (nSPS) is 10.3. The Hall–Kier alpha value is -3.07. The number of hydrogen-bond donors (Lipinski definition) is 0. The van der Waals surface area contributed by atoms with Crippen molar-refractivity contribution in [3.63, 3.8) is 0 Å². The Kier molecular flexibility index (Phi) is 5.14. The van der Waals surface area contributed by atoms with Crippen LogP contribution in [0.1, 0.15) is 11.1 Å². The highest BCUT2D eigenvalue weighted by Gasteiger charge is 2.07. The van der Waals surface area contributed by atoms with Gasteiger partial charge < -0.3 is 9.47 Å². The fourth-order valence-electron chi connectivity index (χ4n) is 2.67. The van der Waals surface area contributed by atoms with Gasteiger partial charge in [-0.2, -0.15) is 0 Å². The van der Waals surface area contributed by atoms with Crippen molar-refractivity contribution in [1.29, 1.82) is 0 Å². The van der Waals surface area contributed by atoms with E-state index in [1.807, 2.05) is 68.4 Å². The quantitative estimate of drug-likeness (QED) is 0.489. The molecule has 0 N–H and O–H groups in total. The fraction of sp³-hybridized carbons (Fsp3) is 0.136. The molecule has 0 bridgehead atoms. The minimum absolute atomic E-state index is 0.122. The number of rotatable bonds is 5. The Morgan fingerprint density at radius 1 is 0.760 bits per heavy atom. The van der Waals surface area contributed by atoms with Gasteiger partial charge >= 0.3 is 5.97 Å². The predicted molar refractivity (Wildman–Crippen MR) is 98.9 cm³/mol. The lowest BCUT2D eigenvalue weighted by atomic mass is 10.1. The summed E-state index contributed by atoms with van der Waals surface area (Å²) in [7, 11) is 0. The minimum atomic E-state index is -0.424. The largest absolute Gasteiger partial charge is 0.482 e. The number of carbonyl (C=O) groups is 1. The van der Waals surface area contributed by atoms with Crippen molar-refractivity contribution in [2.45, 2.75) is 13.8 Å². The molecule has 0 radical (unpaired) electrons. The summed E-state index contributed by atoms with van der Waals surface area (Å²) in [4.78, 5) is 12.0. The summed E-state index contributed by atoms with van der Waals surface area (Å²) < 4.78 is 10.8. The SMILES string of the molecule is Cc1cc(C)cc(OCC(=O)Oc2ccc(-c3ccccc3)cc2)c1. The number of hydrogen-bond acceptors (Lipinski definition) is 3. The van der Waals surface area contributed by atoms with Gasteiger partial charge in [0.1, 0.15) is 11.5 Å². The summed E-state index contributed by atoms with van der Waals surface area (Å²) in [6.07, 6.45) is 0. The van der Waals surface area contributed by atoms with Crippen molar-refractivity contribution in [2.24, 2.45) is 0 Å². The van der Waals surface area contributed by atoms with Crippen LogP contribution in [0.15, 0.2) is 72.8 Å². The lowest BCUT2D eigenvalue weighted by Crippen LogP contribution is -2.17. The molecule has 0 atom stereocenters. The molecule has 0 aliphatic rings. The van der Waals surface area contributed by atoms with Gasteiger partial charge in [0.15, 0.2) is 6.61 Å². The first-order valence-corrected chi connectivity index (χ1v) is 8.17. The highest BCUT2D eigenvalue weighted by Crippen LogP contribution is 2.22. The van der Waals surface area contributed by atoms with E-state index in [0.717, 1.165) is 22.3 Å². The van der Waals surface area contributed by atoms with E-state index in [-0.39, 0.29) is 6.61 Å². The van der Waals surface area contributed by atoms with Gasteiger partial charge in [-0.15, -0.1) is 0 Å². The number of ether oxygens (including phenoxy) is 2. The molecule has 0 amide bonds. The first-order chi connectivity index (χ1) is 12.1. The van der Waals surface area contributed by atoms with E-state index in [9.17, 15) is 4.79 Å². The highest BCUT2D eigenvalue weighted by molar-refractivity contribution is 5.74. The molecule has 3 nitrogen and oxygen atoms in total. The molecule has 0 saturated carbocycles. The van der Waals surface area contributed by atoms with Crippen molar-refractivity contribution in [3.05, 3.63) is 83.9 Å². The third-order valence-corrected chi connectivity index (χ3v) is 3.75. The molecular weight excluding hydrogens is 312 g/mol. The maximum atomic E-state index is 12.0. The minimum Gasteiger partial charge on any atom is -0.482 e. The van der Waals surface area contributed by atoms with Crippen LogP contribution in [-0.4, -0.2) is 12.6 Å². The molecule has 0 unspecified atom stereocenters. The topological polar surface area (TPSA) is 35.5 Å². The number of esters is 1. The van der Waals surface area contributed by atoms with E-state index in [1.165, 1.54) is 0 Å². The third kappa shape index (κ3) is 4.70. The molecule has 0 aliphatic heterocycles. The van der Waals surface area contributed by atoms with E-state index < -0.39 is 5.97 Å². The molecule has 0 spiro atoms. The average Bonchev–Trinajstić information content (AvgIpc) is 2.61. The van der Waals surface area contributed by atoms with Crippen LogP contribution in [0.25, 0.3) is 11.1 Å². The Morgan fingerprint density at radius 3 is 2.00 bits per heavy atom. The van der Waals surface area contributed by atoms with Gasteiger partial charge in [-0.05, 0) is 60.4 Å². The lowest BCUT2D eigenvalue weighted by molar-refractivity contribution is -0.136. The molecule has 126 valence electrons. The van der Waals surface area contributed by atoms with Gasteiger partial charge in [-0.25, -0.2) is 4.79 Å². The van der Waals surface area contributed by atoms with Gasteiger partial charge in [-0.3, -0.25) is 0 Å². The molecule has 3 aromatic rings. The van der Waals surface area contributed by atoms with Crippen LogP contribution in [0.4, 0.5) is 0 Å². The van der Waals surface area contributed by atoms with Crippen LogP contribution >= 0.6 is 0 Å². The van der Waals surface area contributed by atoms with E-state index in [1.54, 1.807) is 12.1 Å². The van der Waals surface area contributed by atoms with Crippen molar-refractivity contribution < 1.29 is 14.3 Å². The summed E-state index contributed by atoms with van der Waals surface area (Å²) >= 11 is 0. The van der Waals surface area contributed by atoms with E-state index in [0.29, 0.717) is 11.5 Å².